The van der Waals surface area contributed by atoms with Crippen molar-refractivity contribution in [1.82, 2.24) is 0 Å². The van der Waals surface area contributed by atoms with Crippen molar-refractivity contribution < 1.29 is 5.11 Å². The van der Waals surface area contributed by atoms with E-state index in [0.29, 0.717) is 5.75 Å². The number of aliphatic hydroxyl groups is 1. The summed E-state index contributed by atoms with van der Waals surface area (Å²) in [6.45, 7) is 8.53. The average molecular weight is 300 g/mol. The maximum absolute atomic E-state index is 10.6. The van der Waals surface area contributed by atoms with Gasteiger partial charge in [-0.15, -0.1) is 11.8 Å². The highest BCUT2D eigenvalue weighted by Gasteiger charge is 2.23. The number of rotatable bonds is 4. The zero-order chi connectivity index (χ0) is 15.5. The highest BCUT2D eigenvalue weighted by molar-refractivity contribution is 7.99. The van der Waals surface area contributed by atoms with Gasteiger partial charge in [-0.1, -0.05) is 63.2 Å². The van der Waals surface area contributed by atoms with Crippen LogP contribution in [0.25, 0.3) is 0 Å². The van der Waals surface area contributed by atoms with E-state index in [2.05, 4.69) is 45.0 Å². The minimum Gasteiger partial charge on any atom is -0.385 e. The van der Waals surface area contributed by atoms with Gasteiger partial charge in [0.2, 0.25) is 0 Å². The minimum atomic E-state index is -0.811. The number of hydrogen-bond acceptors (Lipinski definition) is 2. The molecule has 0 saturated carbocycles. The second-order valence-electron chi connectivity index (χ2n) is 6.70. The van der Waals surface area contributed by atoms with Crippen LogP contribution in [0.1, 0.15) is 38.8 Å². The van der Waals surface area contributed by atoms with Gasteiger partial charge in [-0.05, 0) is 35.6 Å². The molecule has 0 aliphatic rings. The third-order valence-corrected chi connectivity index (χ3v) is 4.95. The fraction of sp³-hybridized carbons (Fsp3) is 0.368. The van der Waals surface area contributed by atoms with Crippen molar-refractivity contribution in [3.05, 3.63) is 65.7 Å². The molecular formula is C19H24OS. The molecule has 112 valence electrons. The summed E-state index contributed by atoms with van der Waals surface area (Å²) in [6.07, 6.45) is 0. The first-order valence-corrected chi connectivity index (χ1v) is 8.29. The van der Waals surface area contributed by atoms with E-state index in [1.807, 2.05) is 37.3 Å². The molecule has 0 saturated heterocycles. The van der Waals surface area contributed by atoms with Crippen molar-refractivity contribution in [3.63, 3.8) is 0 Å². The molecule has 0 bridgehead atoms. The van der Waals surface area contributed by atoms with Crippen molar-refractivity contribution in [2.75, 3.05) is 5.75 Å². The molecule has 1 atom stereocenters. The molecule has 2 aromatic rings. The Morgan fingerprint density at radius 1 is 0.810 bits per heavy atom. The number of thioether (sulfide) groups is 1. The van der Waals surface area contributed by atoms with Crippen LogP contribution in [-0.2, 0) is 11.0 Å². The quantitative estimate of drug-likeness (QED) is 0.803. The van der Waals surface area contributed by atoms with Gasteiger partial charge in [-0.3, -0.25) is 0 Å². The van der Waals surface area contributed by atoms with Gasteiger partial charge in [0, 0.05) is 10.6 Å². The molecule has 0 aliphatic carbocycles. The fourth-order valence-electron chi connectivity index (χ4n) is 2.16. The predicted octanol–water partition coefficient (Wildman–Crippen LogP) is 4.98. The highest BCUT2D eigenvalue weighted by Crippen LogP contribution is 2.31. The second-order valence-corrected chi connectivity index (χ2v) is 7.75. The molecule has 0 radical (unpaired) electrons. The Labute approximate surface area is 132 Å². The largest absolute Gasteiger partial charge is 0.385 e. The lowest BCUT2D eigenvalue weighted by Crippen LogP contribution is -2.24. The van der Waals surface area contributed by atoms with Crippen LogP contribution >= 0.6 is 11.8 Å². The van der Waals surface area contributed by atoms with E-state index in [1.165, 1.54) is 10.5 Å². The van der Waals surface area contributed by atoms with Crippen LogP contribution in [-0.4, -0.2) is 10.9 Å². The first-order chi connectivity index (χ1) is 9.79. The van der Waals surface area contributed by atoms with Gasteiger partial charge >= 0.3 is 0 Å². The van der Waals surface area contributed by atoms with Crippen molar-refractivity contribution >= 4 is 11.8 Å². The fourth-order valence-corrected chi connectivity index (χ4v) is 3.10. The lowest BCUT2D eigenvalue weighted by atomic mass is 9.87. The van der Waals surface area contributed by atoms with Crippen LogP contribution in [0.3, 0.4) is 0 Å². The molecule has 0 heterocycles. The van der Waals surface area contributed by atoms with Crippen LogP contribution in [0.4, 0.5) is 0 Å². The first-order valence-electron chi connectivity index (χ1n) is 7.30. The van der Waals surface area contributed by atoms with Gasteiger partial charge in [-0.25, -0.2) is 0 Å². The van der Waals surface area contributed by atoms with Crippen LogP contribution in [0.2, 0.25) is 0 Å². The molecule has 0 fully saturated rings. The maximum atomic E-state index is 10.6. The summed E-state index contributed by atoms with van der Waals surface area (Å²) in [5.41, 5.74) is 1.67. The van der Waals surface area contributed by atoms with Crippen molar-refractivity contribution in [2.45, 2.75) is 43.6 Å². The van der Waals surface area contributed by atoms with E-state index in [-0.39, 0.29) is 5.41 Å². The van der Waals surface area contributed by atoms with Gasteiger partial charge < -0.3 is 5.11 Å². The number of benzene rings is 2. The lowest BCUT2D eigenvalue weighted by molar-refractivity contribution is 0.0839. The zero-order valence-corrected chi connectivity index (χ0v) is 14.1. The minimum absolute atomic E-state index is 0.179. The molecule has 1 unspecified atom stereocenters. The second kappa shape index (κ2) is 6.25. The Bertz CT molecular complexity index is 565. The third-order valence-electron chi connectivity index (χ3n) is 3.64. The lowest BCUT2D eigenvalue weighted by Gasteiger charge is -2.24. The maximum Gasteiger partial charge on any atom is 0.0962 e. The molecule has 0 amide bonds. The van der Waals surface area contributed by atoms with E-state index < -0.39 is 5.60 Å². The molecule has 2 heteroatoms. The van der Waals surface area contributed by atoms with Crippen molar-refractivity contribution in [1.29, 1.82) is 0 Å². The zero-order valence-electron chi connectivity index (χ0n) is 13.3. The topological polar surface area (TPSA) is 20.2 Å². The SMILES string of the molecule is CC(C)(C)c1ccc(SCC(C)(O)c2ccccc2)cc1. The molecule has 2 aromatic carbocycles. The monoisotopic (exact) mass is 300 g/mol. The molecular weight excluding hydrogens is 276 g/mol. The molecule has 0 aromatic heterocycles. The summed E-state index contributed by atoms with van der Waals surface area (Å²) in [6, 6.07) is 18.5. The van der Waals surface area contributed by atoms with Crippen LogP contribution in [0.15, 0.2) is 59.5 Å². The van der Waals surface area contributed by atoms with E-state index in [1.54, 1.807) is 11.8 Å². The predicted molar refractivity (Wildman–Crippen MR) is 91.9 cm³/mol. The van der Waals surface area contributed by atoms with Gasteiger partial charge in [0.05, 0.1) is 5.60 Å². The van der Waals surface area contributed by atoms with Gasteiger partial charge in [0.1, 0.15) is 0 Å². The van der Waals surface area contributed by atoms with E-state index >= 15 is 0 Å². The van der Waals surface area contributed by atoms with Gasteiger partial charge in [0.25, 0.3) is 0 Å². The number of hydrogen-bond donors (Lipinski definition) is 1. The Balaban J connectivity index is 2.03. The Hall–Kier alpha value is -1.25. The van der Waals surface area contributed by atoms with Crippen molar-refractivity contribution in [3.8, 4) is 0 Å². The Kier molecular flexibility index (Phi) is 4.80. The summed E-state index contributed by atoms with van der Waals surface area (Å²) >= 11 is 1.69. The summed E-state index contributed by atoms with van der Waals surface area (Å²) in [4.78, 5) is 1.19. The smallest absolute Gasteiger partial charge is 0.0962 e. The first kappa shape index (κ1) is 16.1. The molecule has 0 aliphatic heterocycles. The Morgan fingerprint density at radius 3 is 1.90 bits per heavy atom. The van der Waals surface area contributed by atoms with Crippen molar-refractivity contribution in [2.24, 2.45) is 0 Å². The summed E-state index contributed by atoms with van der Waals surface area (Å²) in [5.74, 6) is 0.645. The van der Waals surface area contributed by atoms with Gasteiger partial charge in [0.15, 0.2) is 0 Å². The van der Waals surface area contributed by atoms with Crippen LogP contribution < -0.4 is 0 Å². The summed E-state index contributed by atoms with van der Waals surface area (Å²) in [5, 5.41) is 10.6. The van der Waals surface area contributed by atoms with E-state index in [9.17, 15) is 5.11 Å². The highest BCUT2D eigenvalue weighted by atomic mass is 32.2. The van der Waals surface area contributed by atoms with Crippen LogP contribution in [0, 0.1) is 0 Å². The summed E-state index contributed by atoms with van der Waals surface area (Å²) < 4.78 is 0. The van der Waals surface area contributed by atoms with E-state index in [4.69, 9.17) is 0 Å². The van der Waals surface area contributed by atoms with Gasteiger partial charge in [-0.2, -0.15) is 0 Å². The van der Waals surface area contributed by atoms with Crippen LogP contribution in [0.5, 0.6) is 0 Å². The average Bonchev–Trinajstić information content (AvgIpc) is 2.46. The summed E-state index contributed by atoms with van der Waals surface area (Å²) in [7, 11) is 0. The Morgan fingerprint density at radius 2 is 1.38 bits per heavy atom. The normalized spacial score (nSPS) is 14.7. The molecule has 1 N–H and O–H groups in total. The van der Waals surface area contributed by atoms with E-state index in [0.717, 1.165) is 5.56 Å². The third kappa shape index (κ3) is 4.36. The molecule has 2 rings (SSSR count). The standard InChI is InChI=1S/C19H24OS/c1-18(2,3)15-10-12-17(13-11-15)21-14-19(4,20)16-8-6-5-7-9-16/h5-13,20H,14H2,1-4H3. The molecule has 0 spiro atoms. The molecule has 1 nitrogen and oxygen atoms in total. The molecule has 21 heavy (non-hydrogen) atoms.